The number of anilines is 1. The molecule has 0 fully saturated rings. The number of carbonyl (C=O) groups is 1. The van der Waals surface area contributed by atoms with Crippen molar-refractivity contribution in [2.45, 2.75) is 6.92 Å². The molecule has 0 atom stereocenters. The molecule has 1 aromatic heterocycles. The number of nitrogens with zero attached hydrogens (tertiary/aromatic N) is 4. The first-order valence-electron chi connectivity index (χ1n) is 4.49. The van der Waals surface area contributed by atoms with Crippen molar-refractivity contribution in [2.24, 2.45) is 0 Å². The van der Waals surface area contributed by atoms with Crippen LogP contribution in [0.15, 0.2) is 0 Å². The molecule has 0 aliphatic carbocycles. The van der Waals surface area contributed by atoms with E-state index in [1.165, 1.54) is 14.2 Å². The molecule has 1 aromatic rings. The maximum Gasteiger partial charge on any atom is 0.338 e. The first kappa shape index (κ1) is 14.4. The molecule has 11 heteroatoms. The second kappa shape index (κ2) is 5.31. The third-order valence-electron chi connectivity index (χ3n) is 1.71. The van der Waals surface area contributed by atoms with E-state index in [0.29, 0.717) is 5.82 Å². The molecular formula is C7H10ClN5O4S. The van der Waals surface area contributed by atoms with Gasteiger partial charge in [0.1, 0.15) is 5.82 Å². The van der Waals surface area contributed by atoms with Crippen LogP contribution in [0.25, 0.3) is 0 Å². The normalized spacial score (nSPS) is 10.9. The van der Waals surface area contributed by atoms with Gasteiger partial charge in [-0.2, -0.15) is 23.4 Å². The lowest BCUT2D eigenvalue weighted by Crippen LogP contribution is -2.39. The number of halogens is 1. The number of aromatic nitrogens is 3. The van der Waals surface area contributed by atoms with Gasteiger partial charge in [-0.05, 0) is 6.92 Å². The van der Waals surface area contributed by atoms with Crippen LogP contribution in [0.5, 0.6) is 6.01 Å². The van der Waals surface area contributed by atoms with E-state index >= 15 is 0 Å². The van der Waals surface area contributed by atoms with Crippen LogP contribution < -0.4 is 14.4 Å². The molecule has 0 bridgehead atoms. The van der Waals surface area contributed by atoms with Crippen molar-refractivity contribution in [2.75, 3.05) is 19.1 Å². The lowest BCUT2D eigenvalue weighted by molar-refractivity contribution is 0.252. The van der Waals surface area contributed by atoms with Gasteiger partial charge in [-0.1, -0.05) is 0 Å². The van der Waals surface area contributed by atoms with E-state index in [2.05, 4.69) is 15.0 Å². The third kappa shape index (κ3) is 3.96. The molecule has 1 rings (SSSR count). The predicted octanol–water partition coefficient (Wildman–Crippen LogP) is -0.182. The Morgan fingerprint density at radius 2 is 2.00 bits per heavy atom. The number of hydrogen-bond donors (Lipinski definition) is 1. The number of amides is 2. The Balaban J connectivity index is 3.00. The van der Waals surface area contributed by atoms with E-state index in [0.717, 1.165) is 4.90 Å². The Morgan fingerprint density at radius 1 is 1.39 bits per heavy atom. The first-order valence-corrected chi connectivity index (χ1v) is 6.80. The lowest BCUT2D eigenvalue weighted by atomic mass is 10.6. The fraction of sp³-hybridized carbons (Fsp3) is 0.429. The lowest BCUT2D eigenvalue weighted by Gasteiger charge is -2.15. The zero-order valence-corrected chi connectivity index (χ0v) is 11.3. The summed E-state index contributed by atoms with van der Waals surface area (Å²) in [6.07, 6.45) is 0. The summed E-state index contributed by atoms with van der Waals surface area (Å²) in [5, 5.41) is 0. The molecule has 0 spiro atoms. The van der Waals surface area contributed by atoms with Gasteiger partial charge < -0.3 is 4.74 Å². The van der Waals surface area contributed by atoms with Crippen LogP contribution in [-0.4, -0.2) is 43.6 Å². The Hall–Kier alpha value is -1.68. The van der Waals surface area contributed by atoms with Gasteiger partial charge in [0.25, 0.3) is 0 Å². The maximum atomic E-state index is 11.5. The number of methoxy groups -OCH3 is 1. The summed E-state index contributed by atoms with van der Waals surface area (Å²) in [7, 11) is 3.33. The Kier molecular flexibility index (Phi) is 4.24. The number of ether oxygens (including phenoxy) is 1. The van der Waals surface area contributed by atoms with Crippen molar-refractivity contribution in [3.05, 3.63) is 5.82 Å². The quantitative estimate of drug-likeness (QED) is 0.769. The van der Waals surface area contributed by atoms with E-state index in [-0.39, 0.29) is 12.0 Å². The molecule has 0 unspecified atom stereocenters. The van der Waals surface area contributed by atoms with Gasteiger partial charge in [0, 0.05) is 17.7 Å². The number of urea groups is 1. The fourth-order valence-corrected chi connectivity index (χ4v) is 1.49. The summed E-state index contributed by atoms with van der Waals surface area (Å²) >= 11 is 0. The predicted molar refractivity (Wildman–Crippen MR) is 62.8 cm³/mol. The summed E-state index contributed by atoms with van der Waals surface area (Å²) in [6, 6.07) is -0.997. The monoisotopic (exact) mass is 295 g/mol. The van der Waals surface area contributed by atoms with E-state index in [1.54, 1.807) is 11.6 Å². The maximum absolute atomic E-state index is 11.5. The minimum absolute atomic E-state index is 0.00545. The van der Waals surface area contributed by atoms with Gasteiger partial charge in [-0.25, -0.2) is 9.52 Å². The van der Waals surface area contributed by atoms with E-state index in [4.69, 9.17) is 15.4 Å². The molecule has 18 heavy (non-hydrogen) atoms. The number of aryl methyl sites for hydroxylation is 1. The topological polar surface area (TPSA) is 114 Å². The van der Waals surface area contributed by atoms with Crippen LogP contribution in [0.4, 0.5) is 10.7 Å². The molecule has 1 heterocycles. The molecular weight excluding hydrogens is 286 g/mol. The second-order valence-electron chi connectivity index (χ2n) is 3.07. The molecule has 0 saturated carbocycles. The highest BCUT2D eigenvalue weighted by atomic mass is 35.7. The molecule has 0 radical (unpaired) electrons. The summed E-state index contributed by atoms with van der Waals surface area (Å²) in [5.41, 5.74) is 0. The van der Waals surface area contributed by atoms with Gasteiger partial charge in [0.05, 0.1) is 7.11 Å². The van der Waals surface area contributed by atoms with Crippen LogP contribution in [-0.2, 0) is 9.24 Å². The Bertz CT molecular complexity index is 563. The van der Waals surface area contributed by atoms with Crippen molar-refractivity contribution in [3.63, 3.8) is 0 Å². The molecule has 0 aromatic carbocycles. The number of rotatable bonds is 3. The van der Waals surface area contributed by atoms with Crippen LogP contribution in [0, 0.1) is 6.92 Å². The molecule has 2 amide bonds. The number of hydrogen-bond acceptors (Lipinski definition) is 7. The van der Waals surface area contributed by atoms with E-state index in [9.17, 15) is 13.2 Å². The van der Waals surface area contributed by atoms with Crippen molar-refractivity contribution in [1.82, 2.24) is 19.7 Å². The van der Waals surface area contributed by atoms with Crippen LogP contribution in [0.3, 0.4) is 0 Å². The molecule has 0 aliphatic rings. The van der Waals surface area contributed by atoms with E-state index < -0.39 is 15.3 Å². The van der Waals surface area contributed by atoms with Crippen molar-refractivity contribution in [3.8, 4) is 6.01 Å². The van der Waals surface area contributed by atoms with Gasteiger partial charge in [0.2, 0.25) is 5.95 Å². The first-order chi connectivity index (χ1) is 8.23. The smallest absolute Gasteiger partial charge is 0.338 e. The highest BCUT2D eigenvalue weighted by Gasteiger charge is 2.19. The average molecular weight is 296 g/mol. The molecule has 100 valence electrons. The minimum Gasteiger partial charge on any atom is -0.467 e. The Labute approximate surface area is 108 Å². The summed E-state index contributed by atoms with van der Waals surface area (Å²) in [5.74, 6) is 0.238. The van der Waals surface area contributed by atoms with E-state index in [1.807, 2.05) is 0 Å². The molecule has 0 aliphatic heterocycles. The van der Waals surface area contributed by atoms with Crippen molar-refractivity contribution < 1.29 is 17.9 Å². The van der Waals surface area contributed by atoms with Crippen LogP contribution in [0.1, 0.15) is 5.82 Å². The molecule has 9 nitrogen and oxygen atoms in total. The number of nitrogens with one attached hydrogen (secondary N) is 1. The standard InChI is InChI=1S/C7H10ClN5O4S/c1-4-9-5(11-6(10-4)17-3)13(2)7(14)12-18(8,15)16/h1-3H3,(H,12,14). The minimum atomic E-state index is -4.17. The van der Waals surface area contributed by atoms with Crippen LogP contribution in [0.2, 0.25) is 0 Å². The highest BCUT2D eigenvalue weighted by molar-refractivity contribution is 8.12. The van der Waals surface area contributed by atoms with Gasteiger partial charge >= 0.3 is 21.3 Å². The summed E-state index contributed by atoms with van der Waals surface area (Å²) in [4.78, 5) is 23.8. The second-order valence-corrected chi connectivity index (χ2v) is 5.37. The van der Waals surface area contributed by atoms with Crippen LogP contribution >= 0.6 is 10.7 Å². The molecule has 0 saturated heterocycles. The van der Waals surface area contributed by atoms with Crippen molar-refractivity contribution >= 4 is 31.9 Å². The summed E-state index contributed by atoms with van der Waals surface area (Å²) in [6.45, 7) is 1.57. The zero-order chi connectivity index (χ0) is 13.9. The largest absolute Gasteiger partial charge is 0.467 e. The SMILES string of the molecule is COc1nc(C)nc(N(C)C(=O)NS(=O)(=O)Cl)n1. The third-order valence-corrected chi connectivity index (χ3v) is 2.36. The van der Waals surface area contributed by atoms with Gasteiger partial charge in [-0.15, -0.1) is 0 Å². The fourth-order valence-electron chi connectivity index (χ4n) is 0.949. The number of carbonyl (C=O) groups excluding carboxylic acids is 1. The summed E-state index contributed by atoms with van der Waals surface area (Å²) < 4.78 is 27.8. The highest BCUT2D eigenvalue weighted by Crippen LogP contribution is 2.10. The Morgan fingerprint density at radius 3 is 2.50 bits per heavy atom. The van der Waals surface area contributed by atoms with Gasteiger partial charge in [0.15, 0.2) is 0 Å². The average Bonchev–Trinajstić information content (AvgIpc) is 2.24. The van der Waals surface area contributed by atoms with Gasteiger partial charge in [-0.3, -0.25) is 4.90 Å². The molecule has 1 N–H and O–H groups in total. The van der Waals surface area contributed by atoms with Crippen molar-refractivity contribution in [1.29, 1.82) is 0 Å². The zero-order valence-electron chi connectivity index (χ0n) is 9.71.